The molecule has 0 radical (unpaired) electrons. The number of nitrogens with one attached hydrogen (secondary N) is 4. The normalized spacial score (nSPS) is 10.6. The third kappa shape index (κ3) is 60.2. The van der Waals surface area contributed by atoms with Crippen molar-refractivity contribution in [1.29, 1.82) is 0 Å². The van der Waals surface area contributed by atoms with Gasteiger partial charge in [-0.1, -0.05) is 139 Å². The standard InChI is InChI=1S/C16H19FN2O3.C12H13BrFNO3.C12H13FN4O3.C10H12FNO2.2C6H15N.C4H7N.C2H2Br2O.N3.Na/c1-4-9-19(2)11-15(20)18-14(10-16(21)22-3)12-5-7-13(17)8-6-12;1-18-12(17)6-10(15-11(16)7-13)8-2-4-9(14)5-3-8;1-20-12(19)6-10(16-11(18)7-15-17-14)8-2-4-9(13)5-3-8;1-14-10(13)6-9(12)7-2-4-8(11)5-3-7;2*1-4-7(5-2)6-3;1-3-4-5-2;3-1-2(4)5;1-3-2;/h1,5-8,14H,9-11H2,2-3H3,(H,18,20);2-5,10H,6-7H2,1H3,(H,15,16);2-5,10H,6-7H2,1H3,(H,16,18);2-5,9H,6,12H2,1H3;2*4-6H2,1-3H3;1,5H,4H2,2H3;1H2;;/q;;;;;;;;-1;+1/t14-;2*10-;9-;;;;;;/m0000....../s1. The third-order valence-electron chi connectivity index (χ3n) is 12.8. The Morgan fingerprint density at radius 3 is 1.04 bits per heavy atom. The number of nitrogens with two attached hydrogens (primary N) is 1. The van der Waals surface area contributed by atoms with Crippen molar-refractivity contribution in [2.75, 3.05) is 119 Å². The fraction of sp³-hybridized carbons (Fsp3) is 0.471. The average molecular weight is 1640 g/mol. The summed E-state index contributed by atoms with van der Waals surface area (Å²) in [7, 11) is 8.61. The van der Waals surface area contributed by atoms with E-state index in [0.29, 0.717) is 35.1 Å². The molecule has 26 nitrogen and oxygen atoms in total. The summed E-state index contributed by atoms with van der Waals surface area (Å²) in [5.41, 5.74) is 29.9. The predicted molar refractivity (Wildman–Crippen MR) is 393 cm³/mol. The zero-order valence-electron chi connectivity index (χ0n) is 60.2. The molecular formula is C68H96Br3F4N14NaO12. The summed E-state index contributed by atoms with van der Waals surface area (Å²) in [4.78, 5) is 99.9. The maximum absolute atomic E-state index is 13.0. The molecule has 0 saturated heterocycles. The minimum Gasteiger partial charge on any atom is -0.469 e. The number of benzene rings is 4. The minimum atomic E-state index is -0.676. The van der Waals surface area contributed by atoms with Crippen LogP contribution in [-0.2, 0) is 57.3 Å². The van der Waals surface area contributed by atoms with Crippen LogP contribution in [0.3, 0.4) is 0 Å². The molecule has 4 rings (SSSR count). The van der Waals surface area contributed by atoms with Crippen LogP contribution >= 0.6 is 47.8 Å². The van der Waals surface area contributed by atoms with Gasteiger partial charge in [-0.15, -0.1) is 12.8 Å². The number of hydrogen-bond acceptors (Lipinski definition) is 18. The second kappa shape index (κ2) is 70.6. The van der Waals surface area contributed by atoms with Gasteiger partial charge in [0.1, 0.15) is 29.8 Å². The number of terminal acetylenes is 2. The molecule has 560 valence electrons. The summed E-state index contributed by atoms with van der Waals surface area (Å²) >= 11 is 8.63. The van der Waals surface area contributed by atoms with Gasteiger partial charge in [0.15, 0.2) is 0 Å². The number of nitrogens with zero attached hydrogens (tertiary/aromatic N) is 9. The van der Waals surface area contributed by atoms with Gasteiger partial charge >= 0.3 is 53.4 Å². The molecule has 0 aliphatic heterocycles. The molecule has 6 N–H and O–H groups in total. The molecule has 0 unspecified atom stereocenters. The molecule has 0 fully saturated rings. The largest absolute Gasteiger partial charge is 1.00 e. The molecule has 0 aliphatic rings. The van der Waals surface area contributed by atoms with Gasteiger partial charge in [0.25, 0.3) is 0 Å². The Kier molecular flexibility index (Phi) is 73.0. The molecule has 4 aromatic carbocycles. The molecule has 0 spiro atoms. The Balaban J connectivity index is -0.000000269. The Hall–Kier alpha value is -7.46. The van der Waals surface area contributed by atoms with Gasteiger partial charge < -0.3 is 66.8 Å². The molecule has 102 heavy (non-hydrogen) atoms. The number of carbonyl (C=O) groups excluding carboxylic acids is 8. The van der Waals surface area contributed by atoms with E-state index >= 15 is 0 Å². The number of ether oxygens (including phenoxy) is 4. The van der Waals surface area contributed by atoms with Crippen molar-refractivity contribution in [2.45, 2.75) is 91.4 Å². The first-order valence-electron chi connectivity index (χ1n) is 30.9. The van der Waals surface area contributed by atoms with Crippen molar-refractivity contribution in [3.8, 4) is 24.7 Å². The number of halogens is 7. The van der Waals surface area contributed by atoms with Gasteiger partial charge in [0, 0.05) is 11.0 Å². The van der Waals surface area contributed by atoms with Gasteiger partial charge in [-0.25, -0.2) is 17.6 Å². The molecule has 0 aromatic heterocycles. The molecule has 4 atom stereocenters. The topological polar surface area (TPSA) is 365 Å². The van der Waals surface area contributed by atoms with E-state index in [4.69, 9.17) is 35.2 Å². The molecule has 3 amide bonds. The Labute approximate surface area is 644 Å². The van der Waals surface area contributed by atoms with Crippen LogP contribution in [0, 0.1) is 48.0 Å². The van der Waals surface area contributed by atoms with Gasteiger partial charge in [0.2, 0.25) is 22.4 Å². The molecule has 4 aromatic rings. The van der Waals surface area contributed by atoms with Crippen LogP contribution in [0.2, 0.25) is 0 Å². The first-order chi connectivity index (χ1) is 48.0. The quantitative estimate of drug-likeness (QED) is 0.00328. The summed E-state index contributed by atoms with van der Waals surface area (Å²) in [5, 5.41) is 14.4. The predicted octanol–water partition coefficient (Wildman–Crippen LogP) is 8.01. The van der Waals surface area contributed by atoms with Crippen LogP contribution < -0.4 is 56.6 Å². The zero-order chi connectivity index (χ0) is 78.1. The number of hydrogen-bond donors (Lipinski definition) is 5. The van der Waals surface area contributed by atoms with Crippen LogP contribution in [0.4, 0.5) is 17.6 Å². The van der Waals surface area contributed by atoms with Gasteiger partial charge in [-0.05, 0) is 146 Å². The fourth-order valence-corrected chi connectivity index (χ4v) is 7.55. The Morgan fingerprint density at radius 2 is 0.814 bits per heavy atom. The maximum atomic E-state index is 13.0. The van der Waals surface area contributed by atoms with Crippen molar-refractivity contribution in [3.05, 3.63) is 169 Å². The van der Waals surface area contributed by atoms with Crippen LogP contribution in [0.15, 0.2) is 102 Å². The van der Waals surface area contributed by atoms with Crippen molar-refractivity contribution in [1.82, 2.24) is 36.0 Å². The van der Waals surface area contributed by atoms with E-state index < -0.39 is 53.8 Å². The monoisotopic (exact) mass is 1640 g/mol. The number of rotatable bonds is 29. The summed E-state index contributed by atoms with van der Waals surface area (Å²) in [6.45, 7) is 21.0. The van der Waals surface area contributed by atoms with Crippen LogP contribution in [0.25, 0.3) is 26.4 Å². The summed E-state index contributed by atoms with van der Waals surface area (Å²) < 4.78 is 69.4. The Morgan fingerprint density at radius 1 is 0.529 bits per heavy atom. The SMILES string of the molecule is C#CCN(C)CC(=O)N[C@@H](CC(=O)OC)c1ccc(F)cc1.C#CCNC.CCN(CC)CC.CCN(CC)CC.COC(=O)C[C@H](N)c1ccc(F)cc1.COC(=O)C[C@H](NC(=O)CBr)c1ccc(F)cc1.COC(=O)C[C@H](NC(=O)CN=[N+]=[N-])c1ccc(F)cc1.O=C(Br)CBr.[N-]=[N+]=[N-].[Na+]. The first-order valence-corrected chi connectivity index (χ1v) is 33.9. The maximum Gasteiger partial charge on any atom is 1.00 e. The van der Waals surface area contributed by atoms with E-state index in [0.717, 1.165) is 5.56 Å². The van der Waals surface area contributed by atoms with Crippen molar-refractivity contribution in [2.24, 2.45) is 10.8 Å². The second-order valence-corrected chi connectivity index (χ2v) is 21.8. The van der Waals surface area contributed by atoms with Crippen LogP contribution in [-0.4, -0.2) is 180 Å². The molecule has 34 heteroatoms. The number of azide groups is 1. The number of methoxy groups -OCH3 is 4. The number of alkyl halides is 2. The van der Waals surface area contributed by atoms with Gasteiger partial charge in [-0.3, -0.25) is 48.2 Å². The van der Waals surface area contributed by atoms with Gasteiger partial charge in [0.05, 0.1) is 103 Å². The number of carbonyl (C=O) groups is 8. The Bertz CT molecular complexity index is 3070. The van der Waals surface area contributed by atoms with Crippen LogP contribution in [0.5, 0.6) is 0 Å². The number of likely N-dealkylation sites (N-methyl/N-ethyl adjacent to an activating group) is 1. The minimum absolute atomic E-state index is 0. The van der Waals surface area contributed by atoms with E-state index in [-0.39, 0.29) is 114 Å². The number of amides is 3. The summed E-state index contributed by atoms with van der Waals surface area (Å²) in [6, 6.07) is 20.1. The van der Waals surface area contributed by atoms with Crippen LogP contribution in [0.1, 0.15) is 114 Å². The fourth-order valence-electron chi connectivity index (χ4n) is 7.39. The van der Waals surface area contributed by atoms with Crippen molar-refractivity contribution >= 4 is 94.1 Å². The molecule has 0 aliphatic carbocycles. The van der Waals surface area contributed by atoms with E-state index in [9.17, 15) is 55.9 Å². The van der Waals surface area contributed by atoms with E-state index in [2.05, 4.69) is 161 Å². The first kappa shape index (κ1) is 106. The van der Waals surface area contributed by atoms with E-state index in [1.807, 2.05) is 7.05 Å². The molecule has 0 bridgehead atoms. The zero-order valence-corrected chi connectivity index (χ0v) is 66.9. The van der Waals surface area contributed by atoms with E-state index in [1.165, 1.54) is 158 Å². The van der Waals surface area contributed by atoms with Crippen molar-refractivity contribution in [3.63, 3.8) is 0 Å². The summed E-state index contributed by atoms with van der Waals surface area (Å²) in [5.74, 6) is 0.448. The van der Waals surface area contributed by atoms with Crippen molar-refractivity contribution < 1.29 is 104 Å². The molecule has 0 heterocycles. The molecular weight excluding hydrogens is 1540 g/mol. The smallest absolute Gasteiger partial charge is 0.469 e. The summed E-state index contributed by atoms with van der Waals surface area (Å²) in [6.07, 6.45) is 9.96. The number of esters is 4. The average Bonchev–Trinajstić information content (AvgIpc) is 0.890. The second-order valence-electron chi connectivity index (χ2n) is 19.7. The van der Waals surface area contributed by atoms with Gasteiger partial charge in [-0.2, -0.15) is 0 Å². The third-order valence-corrected chi connectivity index (χ3v) is 14.8. The molecule has 0 saturated carbocycles. The van der Waals surface area contributed by atoms with E-state index in [1.54, 1.807) is 24.1 Å².